The van der Waals surface area contributed by atoms with Crippen LogP contribution in [0.5, 0.6) is 0 Å². The van der Waals surface area contributed by atoms with Crippen molar-refractivity contribution in [2.75, 3.05) is 31.1 Å². The number of urea groups is 1. The average Bonchev–Trinajstić information content (AvgIpc) is 2.83. The number of anilines is 1. The number of carbonyl (C=O) groups excluding carboxylic acids is 1. The predicted octanol–water partition coefficient (Wildman–Crippen LogP) is 3.18. The lowest BCUT2D eigenvalue weighted by molar-refractivity contribution is -0.939. The molecule has 2 N–H and O–H groups in total. The number of nitrogens with two attached hydrogens (primary N) is 1. The molecule has 0 saturated carbocycles. The Balaban J connectivity index is 0.00000432. The normalized spacial score (nSPS) is 12.5. The molecule has 3 aromatic rings. The Kier molecular flexibility index (Phi) is 11.4. The third-order valence-electron chi connectivity index (χ3n) is 6.35. The highest BCUT2D eigenvalue weighted by atomic mass is 127. The second kappa shape index (κ2) is 13.8. The van der Waals surface area contributed by atoms with Gasteiger partial charge in [-0.1, -0.05) is 48.0 Å². The van der Waals surface area contributed by atoms with Crippen molar-refractivity contribution >= 4 is 23.3 Å². The van der Waals surface area contributed by atoms with Gasteiger partial charge in [0.25, 0.3) is 0 Å². The van der Waals surface area contributed by atoms with Gasteiger partial charge in [-0.2, -0.15) is 0 Å². The Labute approximate surface area is 228 Å². The van der Waals surface area contributed by atoms with Gasteiger partial charge in [-0.05, 0) is 48.9 Å². The number of carbonyl (C=O) groups is 1. The summed E-state index contributed by atoms with van der Waals surface area (Å²) in [5, 5.41) is 0.692. The second-order valence-electron chi connectivity index (χ2n) is 8.52. The fourth-order valence-corrected chi connectivity index (χ4v) is 4.55. The topological polar surface area (TPSA) is 46.3 Å². The van der Waals surface area contributed by atoms with Crippen LogP contribution < -0.4 is 34.6 Å². The predicted molar refractivity (Wildman–Crippen MR) is 134 cm³/mol. The van der Waals surface area contributed by atoms with E-state index in [9.17, 15) is 13.6 Å². The first-order chi connectivity index (χ1) is 16.3. The standard InChI is InChI=1S/C27H30ClF2N3O.HI/c1-2-33(18-15-21-9-6-7-12-25(21)28,20-22-19-23(29)13-14-26(22)30)17-8-16-32(27(31)34)24-10-4-3-5-11-24;/h3-7,9-14,19H,2,8,15-18,20H2,1H3,(H-,31,34);1H. The zero-order valence-corrected chi connectivity index (χ0v) is 22.7. The van der Waals surface area contributed by atoms with Crippen LogP contribution in [0.1, 0.15) is 24.5 Å². The highest BCUT2D eigenvalue weighted by Gasteiger charge is 2.28. The molecular formula is C27H31ClF2IN3O. The van der Waals surface area contributed by atoms with Crippen molar-refractivity contribution < 1.29 is 42.0 Å². The van der Waals surface area contributed by atoms with Gasteiger partial charge in [0.15, 0.2) is 0 Å². The van der Waals surface area contributed by atoms with Gasteiger partial charge in [0, 0.05) is 35.7 Å². The fraction of sp³-hybridized carbons (Fsp3) is 0.296. The molecule has 0 spiro atoms. The first-order valence-electron chi connectivity index (χ1n) is 11.5. The summed E-state index contributed by atoms with van der Waals surface area (Å²) in [6, 6.07) is 20.0. The molecule has 0 aliphatic heterocycles. The summed E-state index contributed by atoms with van der Waals surface area (Å²) in [6.07, 6.45) is 1.34. The van der Waals surface area contributed by atoms with E-state index in [0.717, 1.165) is 17.3 Å². The Bertz CT molecular complexity index is 1100. The molecular weight excluding hydrogens is 583 g/mol. The lowest BCUT2D eigenvalue weighted by Crippen LogP contribution is -3.00. The number of likely N-dealkylation sites (N-methyl/N-ethyl adjacent to an activating group) is 1. The summed E-state index contributed by atoms with van der Waals surface area (Å²) in [5.41, 5.74) is 7.73. The summed E-state index contributed by atoms with van der Waals surface area (Å²) >= 11 is 6.38. The summed E-state index contributed by atoms with van der Waals surface area (Å²) in [5.74, 6) is -0.876. The smallest absolute Gasteiger partial charge is 0.319 e. The van der Waals surface area contributed by atoms with Crippen molar-refractivity contribution in [1.82, 2.24) is 0 Å². The van der Waals surface area contributed by atoms with Crippen LogP contribution in [0.4, 0.5) is 19.3 Å². The summed E-state index contributed by atoms with van der Waals surface area (Å²) < 4.78 is 29.0. The maximum absolute atomic E-state index is 14.6. The third kappa shape index (κ3) is 8.15. The van der Waals surface area contributed by atoms with E-state index in [0.29, 0.717) is 60.6 Å². The molecule has 1 unspecified atom stereocenters. The van der Waals surface area contributed by atoms with Gasteiger partial charge in [0.05, 0.1) is 19.6 Å². The first kappa shape index (κ1) is 29.0. The zero-order chi connectivity index (χ0) is 24.6. The van der Waals surface area contributed by atoms with Crippen LogP contribution in [0, 0.1) is 11.6 Å². The number of primary amides is 1. The fourth-order valence-electron chi connectivity index (χ4n) is 4.32. The third-order valence-corrected chi connectivity index (χ3v) is 6.71. The van der Waals surface area contributed by atoms with Crippen LogP contribution in [0.3, 0.4) is 0 Å². The minimum atomic E-state index is -0.520. The molecule has 0 heterocycles. The Morgan fingerprint density at radius 1 is 0.971 bits per heavy atom. The maximum atomic E-state index is 14.6. The van der Waals surface area contributed by atoms with Crippen molar-refractivity contribution in [1.29, 1.82) is 0 Å². The van der Waals surface area contributed by atoms with Crippen molar-refractivity contribution in [2.24, 2.45) is 5.73 Å². The van der Waals surface area contributed by atoms with Crippen LogP contribution in [-0.2, 0) is 13.0 Å². The minimum Gasteiger partial charge on any atom is -1.00 e. The number of hydrogen-bond donors (Lipinski definition) is 1. The highest BCUT2D eigenvalue weighted by Crippen LogP contribution is 2.23. The summed E-state index contributed by atoms with van der Waals surface area (Å²) in [6.45, 7) is 4.88. The number of benzene rings is 3. The van der Waals surface area contributed by atoms with E-state index in [1.165, 1.54) is 12.1 Å². The lowest BCUT2D eigenvalue weighted by atomic mass is 10.1. The van der Waals surface area contributed by atoms with Crippen LogP contribution in [-0.4, -0.2) is 36.7 Å². The van der Waals surface area contributed by atoms with E-state index in [-0.39, 0.29) is 24.0 Å². The van der Waals surface area contributed by atoms with E-state index in [2.05, 4.69) is 0 Å². The van der Waals surface area contributed by atoms with E-state index >= 15 is 0 Å². The van der Waals surface area contributed by atoms with Crippen molar-refractivity contribution in [3.63, 3.8) is 0 Å². The van der Waals surface area contributed by atoms with Gasteiger partial charge in [-0.15, -0.1) is 0 Å². The van der Waals surface area contributed by atoms with Crippen molar-refractivity contribution in [2.45, 2.75) is 26.3 Å². The number of rotatable bonds is 11. The Morgan fingerprint density at radius 3 is 2.31 bits per heavy atom. The number of halogens is 4. The number of quaternary nitrogens is 1. The first-order valence-corrected chi connectivity index (χ1v) is 11.9. The molecule has 0 aliphatic carbocycles. The monoisotopic (exact) mass is 613 g/mol. The molecule has 35 heavy (non-hydrogen) atoms. The van der Waals surface area contributed by atoms with E-state index in [1.807, 2.05) is 61.5 Å². The maximum Gasteiger partial charge on any atom is 0.319 e. The molecule has 0 fully saturated rings. The molecule has 1 atom stereocenters. The Morgan fingerprint density at radius 2 is 1.66 bits per heavy atom. The second-order valence-corrected chi connectivity index (χ2v) is 8.93. The minimum absolute atomic E-state index is 0. The molecule has 3 aromatic carbocycles. The molecule has 0 saturated heterocycles. The largest absolute Gasteiger partial charge is 1.00 e. The molecule has 0 aliphatic rings. The SMILES string of the molecule is CC[N+](CCCN(C(N)=O)c1ccccc1)(CCc1ccccc1Cl)Cc1cc(F)ccc1F.[I-]. The van der Waals surface area contributed by atoms with Crippen LogP contribution in [0.25, 0.3) is 0 Å². The lowest BCUT2D eigenvalue weighted by Gasteiger charge is -2.39. The van der Waals surface area contributed by atoms with Gasteiger partial charge < -0.3 is 34.2 Å². The van der Waals surface area contributed by atoms with Crippen molar-refractivity contribution in [3.8, 4) is 0 Å². The molecule has 0 radical (unpaired) electrons. The molecule has 188 valence electrons. The molecule has 8 heteroatoms. The van der Waals surface area contributed by atoms with E-state index < -0.39 is 17.7 Å². The van der Waals surface area contributed by atoms with E-state index in [4.69, 9.17) is 17.3 Å². The van der Waals surface area contributed by atoms with Gasteiger partial charge in [-0.3, -0.25) is 4.90 Å². The zero-order valence-electron chi connectivity index (χ0n) is 19.8. The van der Waals surface area contributed by atoms with Gasteiger partial charge in [0.2, 0.25) is 0 Å². The van der Waals surface area contributed by atoms with Crippen LogP contribution >= 0.6 is 11.6 Å². The van der Waals surface area contributed by atoms with Crippen LogP contribution in [0.2, 0.25) is 5.02 Å². The molecule has 4 nitrogen and oxygen atoms in total. The Hall–Kier alpha value is -2.23. The van der Waals surface area contributed by atoms with Gasteiger partial charge in [0.1, 0.15) is 18.2 Å². The van der Waals surface area contributed by atoms with Crippen molar-refractivity contribution in [3.05, 3.63) is 101 Å². The number of nitrogens with zero attached hydrogens (tertiary/aromatic N) is 2. The molecule has 0 bridgehead atoms. The van der Waals surface area contributed by atoms with Gasteiger partial charge >= 0.3 is 6.03 Å². The van der Waals surface area contributed by atoms with Crippen LogP contribution in [0.15, 0.2) is 72.8 Å². The molecule has 0 aromatic heterocycles. The summed E-state index contributed by atoms with van der Waals surface area (Å²) in [4.78, 5) is 13.6. The highest BCUT2D eigenvalue weighted by molar-refractivity contribution is 6.31. The average molecular weight is 614 g/mol. The number of hydrogen-bond acceptors (Lipinski definition) is 1. The van der Waals surface area contributed by atoms with E-state index in [1.54, 1.807) is 4.90 Å². The molecule has 3 rings (SSSR count). The summed E-state index contributed by atoms with van der Waals surface area (Å²) in [7, 11) is 0. The number of para-hydroxylation sites is 1. The quantitative estimate of drug-likeness (QED) is 0.262. The molecule has 2 amide bonds. The number of amides is 2. The van der Waals surface area contributed by atoms with Gasteiger partial charge in [-0.25, -0.2) is 13.6 Å².